The van der Waals surface area contributed by atoms with Gasteiger partial charge in [0.05, 0.1) is 0 Å². The van der Waals surface area contributed by atoms with E-state index >= 15 is 0 Å². The average Bonchev–Trinajstić information content (AvgIpc) is 3.68. The van der Waals surface area contributed by atoms with E-state index in [1.54, 1.807) is 0 Å². The van der Waals surface area contributed by atoms with Crippen LogP contribution in [-0.2, 0) is 4.79 Å². The highest BCUT2D eigenvalue weighted by molar-refractivity contribution is 5.79. The average molecular weight is 432 g/mol. The number of rotatable bonds is 7. The second-order valence-electron chi connectivity index (χ2n) is 10.00. The van der Waals surface area contributed by atoms with Crippen LogP contribution in [0.25, 0.3) is 0 Å². The molecule has 2 aromatic rings. The number of carbonyl (C=O) groups is 1. The molecule has 2 saturated heterocycles. The summed E-state index contributed by atoms with van der Waals surface area (Å²) in [6.07, 6.45) is 6.91. The molecule has 0 spiro atoms. The number of hydrogen-bond donors (Lipinski definition) is 1. The summed E-state index contributed by atoms with van der Waals surface area (Å²) in [5.41, 5.74) is 2.82. The molecule has 2 aliphatic heterocycles. The van der Waals surface area contributed by atoms with Gasteiger partial charge in [0.1, 0.15) is 0 Å². The molecule has 5 rings (SSSR count). The van der Waals surface area contributed by atoms with E-state index in [0.717, 1.165) is 32.5 Å². The van der Waals surface area contributed by atoms with Gasteiger partial charge in [-0.2, -0.15) is 0 Å². The second-order valence-corrected chi connectivity index (χ2v) is 10.00. The van der Waals surface area contributed by atoms with Gasteiger partial charge in [0.25, 0.3) is 0 Å². The van der Waals surface area contributed by atoms with Crippen molar-refractivity contribution < 1.29 is 4.79 Å². The maximum atomic E-state index is 12.4. The number of nitrogens with one attached hydrogen (secondary N) is 1. The third-order valence-corrected chi connectivity index (χ3v) is 7.74. The Hall–Kier alpha value is -2.17. The molecular weight excluding hydrogens is 394 g/mol. The van der Waals surface area contributed by atoms with Gasteiger partial charge >= 0.3 is 0 Å². The molecule has 1 amide bonds. The van der Waals surface area contributed by atoms with Crippen LogP contribution in [0.5, 0.6) is 0 Å². The number of benzene rings is 2. The predicted octanol–water partition coefficient (Wildman–Crippen LogP) is 4.27. The summed E-state index contributed by atoms with van der Waals surface area (Å²) < 4.78 is 0. The zero-order valence-corrected chi connectivity index (χ0v) is 19.2. The van der Waals surface area contributed by atoms with E-state index in [4.69, 9.17) is 0 Å². The highest BCUT2D eigenvalue weighted by atomic mass is 16.2. The Kier molecular flexibility index (Phi) is 6.89. The zero-order valence-electron chi connectivity index (χ0n) is 19.2. The minimum Gasteiger partial charge on any atom is -0.353 e. The van der Waals surface area contributed by atoms with Crippen LogP contribution in [-0.4, -0.2) is 60.5 Å². The molecule has 1 N–H and O–H groups in total. The van der Waals surface area contributed by atoms with Gasteiger partial charge in [0.15, 0.2) is 0 Å². The molecule has 0 aromatic heterocycles. The van der Waals surface area contributed by atoms with E-state index < -0.39 is 0 Å². The van der Waals surface area contributed by atoms with Crippen LogP contribution < -0.4 is 5.32 Å². The molecule has 3 fully saturated rings. The maximum Gasteiger partial charge on any atom is 0.223 e. The van der Waals surface area contributed by atoms with E-state index in [-0.39, 0.29) is 5.92 Å². The largest absolute Gasteiger partial charge is 0.353 e. The second kappa shape index (κ2) is 10.2. The molecule has 4 nitrogen and oxygen atoms in total. The van der Waals surface area contributed by atoms with Crippen molar-refractivity contribution in [2.45, 2.75) is 56.5 Å². The smallest absolute Gasteiger partial charge is 0.223 e. The number of carbonyl (C=O) groups excluding carboxylic acids is 1. The number of piperidine rings is 2. The fourth-order valence-electron chi connectivity index (χ4n) is 5.57. The molecule has 0 radical (unpaired) electrons. The fourth-order valence-corrected chi connectivity index (χ4v) is 5.57. The Morgan fingerprint density at radius 3 is 1.88 bits per heavy atom. The van der Waals surface area contributed by atoms with Crippen molar-refractivity contribution in [3.05, 3.63) is 71.8 Å². The first-order chi connectivity index (χ1) is 15.8. The summed E-state index contributed by atoms with van der Waals surface area (Å²) >= 11 is 0. The Balaban J connectivity index is 1.13. The molecule has 0 bridgehead atoms. The van der Waals surface area contributed by atoms with Crippen LogP contribution in [0.3, 0.4) is 0 Å². The van der Waals surface area contributed by atoms with Crippen molar-refractivity contribution in [3.63, 3.8) is 0 Å². The summed E-state index contributed by atoms with van der Waals surface area (Å²) in [7, 11) is 0. The lowest BCUT2D eigenvalue weighted by atomic mass is 9.89. The minimum absolute atomic E-state index is 0.240. The number of likely N-dealkylation sites (tertiary alicyclic amines) is 2. The van der Waals surface area contributed by atoms with Gasteiger partial charge in [-0.15, -0.1) is 0 Å². The number of nitrogens with zero attached hydrogens (tertiary/aromatic N) is 2. The van der Waals surface area contributed by atoms with Gasteiger partial charge in [0.2, 0.25) is 5.91 Å². The van der Waals surface area contributed by atoms with Crippen molar-refractivity contribution in [2.75, 3.05) is 32.7 Å². The monoisotopic (exact) mass is 431 g/mol. The minimum atomic E-state index is 0.240. The zero-order chi connectivity index (χ0) is 21.8. The van der Waals surface area contributed by atoms with Gasteiger partial charge in [-0.25, -0.2) is 0 Å². The first-order valence-electron chi connectivity index (χ1n) is 12.6. The van der Waals surface area contributed by atoms with E-state index in [0.29, 0.717) is 23.9 Å². The van der Waals surface area contributed by atoms with Gasteiger partial charge in [0, 0.05) is 30.5 Å². The standard InChI is InChI=1S/C28H37N3O/c32-28(29-25-11-12-25)24-13-19-31(20-14-24)26-15-17-30(18-16-26)21-27(22-7-3-1-4-8-22)23-9-5-2-6-10-23/h1-10,24-27H,11-21H2,(H,29,32). The Bertz CT molecular complexity index is 811. The van der Waals surface area contributed by atoms with Crippen LogP contribution in [0.2, 0.25) is 0 Å². The SMILES string of the molecule is O=C(NC1CC1)C1CCN(C2CCN(CC(c3ccccc3)c3ccccc3)CC2)CC1. The van der Waals surface area contributed by atoms with Crippen LogP contribution in [0, 0.1) is 5.92 Å². The normalized spacial score (nSPS) is 21.7. The Labute approximate surface area is 193 Å². The van der Waals surface area contributed by atoms with Gasteiger partial charge < -0.3 is 15.1 Å². The van der Waals surface area contributed by atoms with E-state index in [1.165, 1.54) is 49.9 Å². The van der Waals surface area contributed by atoms with Crippen LogP contribution in [0.4, 0.5) is 0 Å². The Morgan fingerprint density at radius 1 is 0.781 bits per heavy atom. The highest BCUT2D eigenvalue weighted by Gasteiger charge is 2.33. The molecule has 4 heteroatoms. The summed E-state index contributed by atoms with van der Waals surface area (Å²) in [6, 6.07) is 23.1. The third-order valence-electron chi connectivity index (χ3n) is 7.74. The van der Waals surface area contributed by atoms with Crippen molar-refractivity contribution in [3.8, 4) is 0 Å². The van der Waals surface area contributed by atoms with E-state index in [2.05, 4.69) is 75.8 Å². The molecular formula is C28H37N3O. The van der Waals surface area contributed by atoms with Gasteiger partial charge in [-0.05, 0) is 75.8 Å². The molecule has 0 unspecified atom stereocenters. The van der Waals surface area contributed by atoms with Gasteiger partial charge in [-0.1, -0.05) is 60.7 Å². The van der Waals surface area contributed by atoms with Crippen LogP contribution in [0.1, 0.15) is 55.6 Å². The molecule has 0 atom stereocenters. The summed E-state index contributed by atoms with van der Waals surface area (Å²) in [4.78, 5) is 17.7. The van der Waals surface area contributed by atoms with Crippen LogP contribution in [0.15, 0.2) is 60.7 Å². The summed E-state index contributed by atoms with van der Waals surface area (Å²) in [6.45, 7) is 5.60. The number of amides is 1. The molecule has 32 heavy (non-hydrogen) atoms. The van der Waals surface area contributed by atoms with E-state index in [1.807, 2.05) is 0 Å². The molecule has 1 aliphatic carbocycles. The molecule has 3 aliphatic rings. The van der Waals surface area contributed by atoms with Crippen molar-refractivity contribution in [1.29, 1.82) is 0 Å². The predicted molar refractivity (Wildman–Crippen MR) is 130 cm³/mol. The topological polar surface area (TPSA) is 35.6 Å². The first-order valence-corrected chi connectivity index (χ1v) is 12.6. The Morgan fingerprint density at radius 2 is 1.34 bits per heavy atom. The van der Waals surface area contributed by atoms with Crippen molar-refractivity contribution in [2.24, 2.45) is 5.92 Å². The molecule has 170 valence electrons. The van der Waals surface area contributed by atoms with Crippen molar-refractivity contribution in [1.82, 2.24) is 15.1 Å². The fraction of sp³-hybridized carbons (Fsp3) is 0.536. The lowest BCUT2D eigenvalue weighted by Crippen LogP contribution is -2.49. The summed E-state index contributed by atoms with van der Waals surface area (Å²) in [5, 5.41) is 3.20. The lowest BCUT2D eigenvalue weighted by molar-refractivity contribution is -0.126. The lowest BCUT2D eigenvalue weighted by Gasteiger charge is -2.42. The van der Waals surface area contributed by atoms with E-state index in [9.17, 15) is 4.79 Å². The molecule has 2 heterocycles. The van der Waals surface area contributed by atoms with Crippen molar-refractivity contribution >= 4 is 5.91 Å². The highest BCUT2D eigenvalue weighted by Crippen LogP contribution is 2.29. The third kappa shape index (κ3) is 5.41. The maximum absolute atomic E-state index is 12.4. The molecule has 1 saturated carbocycles. The summed E-state index contributed by atoms with van der Waals surface area (Å²) in [5.74, 6) is 0.981. The number of hydrogen-bond acceptors (Lipinski definition) is 3. The quantitative estimate of drug-likeness (QED) is 0.711. The molecule has 2 aromatic carbocycles. The first kappa shape index (κ1) is 21.7. The van der Waals surface area contributed by atoms with Crippen LogP contribution >= 0.6 is 0 Å². The van der Waals surface area contributed by atoms with Gasteiger partial charge in [-0.3, -0.25) is 4.79 Å².